The van der Waals surface area contributed by atoms with E-state index in [0.717, 1.165) is 0 Å². The number of ketones is 1. The second kappa shape index (κ2) is 9.14. The maximum absolute atomic E-state index is 12.3. The quantitative estimate of drug-likeness (QED) is 0.667. The van der Waals surface area contributed by atoms with Gasteiger partial charge in [0.15, 0.2) is 17.3 Å². The molecule has 0 unspecified atom stereocenters. The van der Waals surface area contributed by atoms with Crippen molar-refractivity contribution in [2.75, 3.05) is 38.5 Å². The summed E-state index contributed by atoms with van der Waals surface area (Å²) in [6, 6.07) is 8.10. The molecule has 27 heavy (non-hydrogen) atoms. The number of halogens is 1. The van der Waals surface area contributed by atoms with Gasteiger partial charge >= 0.3 is 0 Å². The summed E-state index contributed by atoms with van der Waals surface area (Å²) >= 11 is 6.10. The Bertz CT molecular complexity index is 829. The zero-order valence-electron chi connectivity index (χ0n) is 15.5. The molecule has 2 aromatic carbocycles. The first-order valence-electron chi connectivity index (χ1n) is 8.03. The van der Waals surface area contributed by atoms with Gasteiger partial charge in [-0.25, -0.2) is 0 Å². The maximum Gasteiger partial charge on any atom is 0.243 e. The number of ether oxygens (including phenoxy) is 3. The van der Waals surface area contributed by atoms with Gasteiger partial charge in [0.05, 0.1) is 38.6 Å². The molecule has 0 atom stereocenters. The van der Waals surface area contributed by atoms with E-state index in [-0.39, 0.29) is 18.2 Å². The molecule has 0 fully saturated rings. The Morgan fingerprint density at radius 2 is 1.63 bits per heavy atom. The van der Waals surface area contributed by atoms with Gasteiger partial charge in [-0.05, 0) is 25.1 Å². The van der Waals surface area contributed by atoms with Crippen LogP contribution in [-0.4, -0.2) is 39.6 Å². The van der Waals surface area contributed by atoms with Gasteiger partial charge in [0, 0.05) is 23.4 Å². The molecule has 2 N–H and O–H groups in total. The van der Waals surface area contributed by atoms with Crippen LogP contribution in [0.3, 0.4) is 0 Å². The molecule has 0 spiro atoms. The number of hydrogen-bond donors (Lipinski definition) is 2. The highest BCUT2D eigenvalue weighted by molar-refractivity contribution is 6.33. The first-order valence-corrected chi connectivity index (χ1v) is 8.41. The molecule has 7 nitrogen and oxygen atoms in total. The minimum absolute atomic E-state index is 0.0439. The van der Waals surface area contributed by atoms with Crippen molar-refractivity contribution in [3.05, 3.63) is 40.9 Å². The number of hydrogen-bond acceptors (Lipinski definition) is 6. The average Bonchev–Trinajstić information content (AvgIpc) is 2.66. The summed E-state index contributed by atoms with van der Waals surface area (Å²) < 4.78 is 15.8. The minimum Gasteiger partial charge on any atom is -0.493 e. The van der Waals surface area contributed by atoms with Crippen molar-refractivity contribution in [1.82, 2.24) is 0 Å². The van der Waals surface area contributed by atoms with Gasteiger partial charge in [0.2, 0.25) is 11.7 Å². The molecule has 0 aromatic heterocycles. The van der Waals surface area contributed by atoms with Crippen LogP contribution in [-0.2, 0) is 4.79 Å². The van der Waals surface area contributed by atoms with E-state index in [2.05, 4.69) is 10.6 Å². The lowest BCUT2D eigenvalue weighted by Crippen LogP contribution is -2.22. The van der Waals surface area contributed by atoms with Crippen molar-refractivity contribution in [2.45, 2.75) is 6.92 Å². The van der Waals surface area contributed by atoms with E-state index in [9.17, 15) is 9.59 Å². The molecule has 0 radical (unpaired) electrons. The van der Waals surface area contributed by atoms with Gasteiger partial charge in [-0.3, -0.25) is 9.59 Å². The highest BCUT2D eigenvalue weighted by Crippen LogP contribution is 2.39. The normalized spacial score (nSPS) is 10.1. The highest BCUT2D eigenvalue weighted by Gasteiger charge is 2.15. The fourth-order valence-electron chi connectivity index (χ4n) is 2.41. The molecule has 0 aliphatic heterocycles. The minimum atomic E-state index is -0.312. The molecule has 0 bridgehead atoms. The van der Waals surface area contributed by atoms with Gasteiger partial charge in [-0.1, -0.05) is 11.6 Å². The van der Waals surface area contributed by atoms with Gasteiger partial charge in [0.1, 0.15) is 0 Å². The molecular weight excluding hydrogens is 372 g/mol. The fraction of sp³-hybridized carbons (Fsp3) is 0.263. The second-order valence-corrected chi connectivity index (χ2v) is 5.97. The lowest BCUT2D eigenvalue weighted by Gasteiger charge is -2.15. The molecule has 2 aromatic rings. The highest BCUT2D eigenvalue weighted by atomic mass is 35.5. The van der Waals surface area contributed by atoms with Gasteiger partial charge < -0.3 is 24.8 Å². The third-order valence-electron chi connectivity index (χ3n) is 3.76. The SMILES string of the molecule is COc1cc(NC(=O)CNc2cc(C(C)=O)ccc2Cl)cc(OC)c1OC. The van der Waals surface area contributed by atoms with E-state index in [1.807, 2.05) is 0 Å². The van der Waals surface area contributed by atoms with Crippen LogP contribution in [0, 0.1) is 0 Å². The van der Waals surface area contributed by atoms with Crippen LogP contribution in [0.25, 0.3) is 0 Å². The molecule has 0 heterocycles. The van der Waals surface area contributed by atoms with Crippen molar-refractivity contribution >= 4 is 34.7 Å². The summed E-state index contributed by atoms with van der Waals surface area (Å²) in [7, 11) is 4.49. The Morgan fingerprint density at radius 1 is 1.00 bits per heavy atom. The predicted octanol–water partition coefficient (Wildman–Crippen LogP) is 3.62. The van der Waals surface area contributed by atoms with E-state index in [1.54, 1.807) is 30.3 Å². The zero-order valence-corrected chi connectivity index (χ0v) is 16.3. The van der Waals surface area contributed by atoms with Crippen molar-refractivity contribution in [3.63, 3.8) is 0 Å². The summed E-state index contributed by atoms with van der Waals surface area (Å²) in [5.74, 6) is 0.892. The first-order chi connectivity index (χ1) is 12.9. The number of benzene rings is 2. The summed E-state index contributed by atoms with van der Waals surface area (Å²) in [5, 5.41) is 6.08. The van der Waals surface area contributed by atoms with E-state index >= 15 is 0 Å². The molecule has 0 aliphatic carbocycles. The third kappa shape index (κ3) is 5.04. The van der Waals surface area contributed by atoms with E-state index in [0.29, 0.717) is 39.2 Å². The molecule has 0 saturated carbocycles. The summed E-state index contributed by atoms with van der Waals surface area (Å²) in [5.41, 5.74) is 1.50. The number of rotatable bonds is 8. The van der Waals surface area contributed by atoms with Crippen molar-refractivity contribution in [3.8, 4) is 17.2 Å². The molecule has 0 saturated heterocycles. The summed E-state index contributed by atoms with van der Waals surface area (Å²) in [4.78, 5) is 23.8. The van der Waals surface area contributed by atoms with Crippen LogP contribution in [0.15, 0.2) is 30.3 Å². The summed E-state index contributed by atoms with van der Waals surface area (Å²) in [6.07, 6.45) is 0. The lowest BCUT2D eigenvalue weighted by atomic mass is 10.1. The molecule has 1 amide bonds. The molecular formula is C19H21ClN2O5. The van der Waals surface area contributed by atoms with Crippen LogP contribution < -0.4 is 24.8 Å². The van der Waals surface area contributed by atoms with Gasteiger partial charge in [-0.2, -0.15) is 0 Å². The first kappa shape index (κ1) is 20.4. The predicted molar refractivity (Wildman–Crippen MR) is 105 cm³/mol. The lowest BCUT2D eigenvalue weighted by molar-refractivity contribution is -0.114. The number of anilines is 2. The molecule has 8 heteroatoms. The third-order valence-corrected chi connectivity index (χ3v) is 4.09. The molecule has 2 rings (SSSR count). The topological polar surface area (TPSA) is 85.9 Å². The van der Waals surface area contributed by atoms with Crippen LogP contribution in [0.2, 0.25) is 5.02 Å². The van der Waals surface area contributed by atoms with Crippen LogP contribution in [0.1, 0.15) is 17.3 Å². The monoisotopic (exact) mass is 392 g/mol. The molecule has 144 valence electrons. The van der Waals surface area contributed by atoms with Crippen molar-refractivity contribution in [2.24, 2.45) is 0 Å². The largest absolute Gasteiger partial charge is 0.493 e. The Morgan fingerprint density at radius 3 is 2.15 bits per heavy atom. The Balaban J connectivity index is 2.10. The van der Waals surface area contributed by atoms with E-state index in [4.69, 9.17) is 25.8 Å². The number of nitrogens with one attached hydrogen (secondary N) is 2. The average molecular weight is 393 g/mol. The Kier molecular flexibility index (Phi) is 6.90. The fourth-order valence-corrected chi connectivity index (χ4v) is 2.60. The van der Waals surface area contributed by atoms with Crippen LogP contribution in [0.4, 0.5) is 11.4 Å². The van der Waals surface area contributed by atoms with E-state index < -0.39 is 0 Å². The van der Waals surface area contributed by atoms with E-state index in [1.165, 1.54) is 28.3 Å². The van der Waals surface area contributed by atoms with Crippen LogP contribution in [0.5, 0.6) is 17.2 Å². The van der Waals surface area contributed by atoms with Crippen molar-refractivity contribution < 1.29 is 23.8 Å². The number of carbonyl (C=O) groups is 2. The number of amides is 1. The van der Waals surface area contributed by atoms with Crippen molar-refractivity contribution in [1.29, 1.82) is 0 Å². The second-order valence-electron chi connectivity index (χ2n) is 5.57. The summed E-state index contributed by atoms with van der Waals surface area (Å²) in [6.45, 7) is 1.42. The number of carbonyl (C=O) groups excluding carboxylic acids is 2. The van der Waals surface area contributed by atoms with Gasteiger partial charge in [0.25, 0.3) is 0 Å². The smallest absolute Gasteiger partial charge is 0.243 e. The van der Waals surface area contributed by atoms with Crippen LogP contribution >= 0.6 is 11.6 Å². The van der Waals surface area contributed by atoms with Gasteiger partial charge in [-0.15, -0.1) is 0 Å². The maximum atomic E-state index is 12.3. The molecule has 0 aliphatic rings. The number of methoxy groups -OCH3 is 3. The number of Topliss-reactive ketones (excluding diaryl/α,β-unsaturated/α-hetero) is 1. The zero-order chi connectivity index (χ0) is 20.0. The standard InChI is InChI=1S/C19H21ClN2O5/c1-11(23)12-5-6-14(20)15(7-12)21-10-18(24)22-13-8-16(25-2)19(27-4)17(9-13)26-3/h5-9,21H,10H2,1-4H3,(H,22,24). The Labute approximate surface area is 162 Å². The Hall–Kier alpha value is -2.93.